The fourth-order valence-corrected chi connectivity index (χ4v) is 4.53. The number of pyridine rings is 1. The van der Waals surface area contributed by atoms with Crippen LogP contribution in [0.1, 0.15) is 52.6 Å². The fourth-order valence-electron chi connectivity index (χ4n) is 4.53. The maximum absolute atomic E-state index is 13.5. The van der Waals surface area contributed by atoms with Crippen LogP contribution in [-0.4, -0.2) is 41.0 Å². The highest BCUT2D eigenvalue weighted by molar-refractivity contribution is 6.51. The van der Waals surface area contributed by atoms with Gasteiger partial charge >= 0.3 is 5.97 Å². The molecule has 37 heavy (non-hydrogen) atoms. The molecule has 1 aliphatic heterocycles. The lowest BCUT2D eigenvalue weighted by atomic mass is 9.95. The Labute approximate surface area is 215 Å². The average molecular weight is 501 g/mol. The zero-order chi connectivity index (χ0) is 26.9. The van der Waals surface area contributed by atoms with Crippen molar-refractivity contribution >= 4 is 29.1 Å². The van der Waals surface area contributed by atoms with E-state index in [2.05, 4.69) is 4.98 Å². The molecule has 1 amide bonds. The Kier molecular flexibility index (Phi) is 7.11. The van der Waals surface area contributed by atoms with Gasteiger partial charge in [-0.1, -0.05) is 18.2 Å². The van der Waals surface area contributed by atoms with Crippen LogP contribution in [0, 0.1) is 13.8 Å². The first-order valence-corrected chi connectivity index (χ1v) is 11.8. The van der Waals surface area contributed by atoms with Gasteiger partial charge in [0, 0.05) is 11.9 Å². The highest BCUT2D eigenvalue weighted by Crippen LogP contribution is 2.43. The molecule has 3 aromatic rings. The highest BCUT2D eigenvalue weighted by atomic mass is 16.5. The molecule has 2 aromatic carbocycles. The van der Waals surface area contributed by atoms with Crippen molar-refractivity contribution in [1.82, 2.24) is 4.98 Å². The first kappa shape index (κ1) is 25.6. The van der Waals surface area contributed by atoms with Crippen LogP contribution in [0.4, 0.5) is 5.69 Å². The maximum atomic E-state index is 13.5. The maximum Gasteiger partial charge on any atom is 0.338 e. The van der Waals surface area contributed by atoms with Crippen LogP contribution >= 0.6 is 0 Å². The number of ether oxygens (including phenoxy) is 2. The summed E-state index contributed by atoms with van der Waals surface area (Å²) >= 11 is 0. The Balaban J connectivity index is 1.94. The molecule has 1 atom stereocenters. The summed E-state index contributed by atoms with van der Waals surface area (Å²) in [5.74, 6) is -2.25. The number of methoxy groups -OCH3 is 1. The van der Waals surface area contributed by atoms with E-state index in [9.17, 15) is 19.5 Å². The molecular formula is C29H28N2O6. The number of hydrogen-bond donors (Lipinski definition) is 1. The third-order valence-corrected chi connectivity index (χ3v) is 5.99. The molecule has 2 heterocycles. The number of carbonyl (C=O) groups is 3. The minimum Gasteiger partial charge on any atom is -0.507 e. The van der Waals surface area contributed by atoms with Crippen LogP contribution in [-0.2, 0) is 14.3 Å². The Morgan fingerprint density at radius 2 is 1.81 bits per heavy atom. The van der Waals surface area contributed by atoms with Crippen LogP contribution in [0.25, 0.3) is 5.76 Å². The Bertz CT molecular complexity index is 1410. The topological polar surface area (TPSA) is 106 Å². The molecule has 0 saturated carbocycles. The van der Waals surface area contributed by atoms with E-state index in [1.165, 1.54) is 18.1 Å². The van der Waals surface area contributed by atoms with Crippen molar-refractivity contribution in [2.45, 2.75) is 39.8 Å². The van der Waals surface area contributed by atoms with Crippen molar-refractivity contribution in [2.24, 2.45) is 0 Å². The van der Waals surface area contributed by atoms with Crippen molar-refractivity contribution in [1.29, 1.82) is 0 Å². The molecule has 0 bridgehead atoms. The molecule has 0 radical (unpaired) electrons. The van der Waals surface area contributed by atoms with E-state index in [4.69, 9.17) is 9.47 Å². The van der Waals surface area contributed by atoms with Crippen LogP contribution in [0.3, 0.4) is 0 Å². The number of anilines is 1. The minimum atomic E-state index is -1.04. The van der Waals surface area contributed by atoms with Gasteiger partial charge in [-0.3, -0.25) is 19.5 Å². The van der Waals surface area contributed by atoms with Gasteiger partial charge in [-0.15, -0.1) is 0 Å². The molecule has 1 unspecified atom stereocenters. The van der Waals surface area contributed by atoms with Crippen molar-refractivity contribution in [2.75, 3.05) is 12.0 Å². The van der Waals surface area contributed by atoms with Gasteiger partial charge < -0.3 is 14.6 Å². The van der Waals surface area contributed by atoms with E-state index in [0.29, 0.717) is 22.7 Å². The fraction of sp³-hybridized carbons (Fsp3) is 0.241. The molecule has 1 aromatic heterocycles. The van der Waals surface area contributed by atoms with Crippen LogP contribution in [0.5, 0.6) is 5.75 Å². The van der Waals surface area contributed by atoms with E-state index in [1.807, 2.05) is 19.9 Å². The predicted octanol–water partition coefficient (Wildman–Crippen LogP) is 4.90. The second-order valence-corrected chi connectivity index (χ2v) is 9.09. The van der Waals surface area contributed by atoms with Gasteiger partial charge in [0.25, 0.3) is 11.7 Å². The third-order valence-electron chi connectivity index (χ3n) is 5.99. The van der Waals surface area contributed by atoms with Crippen LogP contribution < -0.4 is 9.64 Å². The molecule has 1 N–H and O–H groups in total. The van der Waals surface area contributed by atoms with E-state index in [1.54, 1.807) is 62.5 Å². The summed E-state index contributed by atoms with van der Waals surface area (Å²) in [4.78, 5) is 45.1. The lowest BCUT2D eigenvalue weighted by molar-refractivity contribution is -0.132. The molecule has 1 aliphatic rings. The van der Waals surface area contributed by atoms with Crippen molar-refractivity contribution in [3.63, 3.8) is 0 Å². The lowest BCUT2D eigenvalue weighted by Crippen LogP contribution is -2.30. The van der Waals surface area contributed by atoms with Gasteiger partial charge in [0.1, 0.15) is 17.6 Å². The number of aryl methyl sites for hydroxylation is 2. The van der Waals surface area contributed by atoms with E-state index in [0.717, 1.165) is 11.1 Å². The quantitative estimate of drug-likeness (QED) is 0.222. The monoisotopic (exact) mass is 500 g/mol. The molecule has 8 heteroatoms. The standard InChI is InChI=1S/C29H28N2O6/c1-16(2)37-29(35)19-9-8-10-20(15-19)31-24(22-11-6-7-12-30-22)23(26(33)28(31)34)25(32)21-14-17(3)13-18(4)27(21)36-5/h6-16,24,32H,1-5H3/b25-23+. The smallest absolute Gasteiger partial charge is 0.338 e. The number of amides is 1. The summed E-state index contributed by atoms with van der Waals surface area (Å²) in [6.45, 7) is 7.17. The summed E-state index contributed by atoms with van der Waals surface area (Å²) in [5.41, 5.74) is 2.69. The number of ketones is 1. The van der Waals surface area contributed by atoms with Gasteiger partial charge in [-0.25, -0.2) is 4.79 Å². The van der Waals surface area contributed by atoms with E-state index < -0.39 is 23.7 Å². The van der Waals surface area contributed by atoms with E-state index >= 15 is 0 Å². The Morgan fingerprint density at radius 1 is 1.05 bits per heavy atom. The van der Waals surface area contributed by atoms with Crippen molar-refractivity contribution in [3.05, 3.63) is 94.3 Å². The average Bonchev–Trinajstić information content (AvgIpc) is 3.13. The second kappa shape index (κ2) is 10.3. The second-order valence-electron chi connectivity index (χ2n) is 9.09. The zero-order valence-corrected chi connectivity index (χ0v) is 21.3. The molecule has 0 aliphatic carbocycles. The number of Topliss-reactive ketones (excluding diaryl/α,β-unsaturated/α-hetero) is 1. The largest absolute Gasteiger partial charge is 0.507 e. The number of aliphatic hydroxyl groups is 1. The number of benzene rings is 2. The number of aromatic nitrogens is 1. The molecule has 190 valence electrons. The Morgan fingerprint density at radius 3 is 2.46 bits per heavy atom. The SMILES string of the molecule is COc1c(C)cc(C)cc1/C(O)=C1\C(=O)C(=O)N(c2cccc(C(=O)OC(C)C)c2)C1c1ccccn1. The summed E-state index contributed by atoms with van der Waals surface area (Å²) in [5, 5.41) is 11.5. The van der Waals surface area contributed by atoms with Gasteiger partial charge in [-0.2, -0.15) is 0 Å². The summed E-state index contributed by atoms with van der Waals surface area (Å²) in [6.07, 6.45) is 1.22. The van der Waals surface area contributed by atoms with Gasteiger partial charge in [0.2, 0.25) is 0 Å². The lowest BCUT2D eigenvalue weighted by Gasteiger charge is -2.25. The summed E-state index contributed by atoms with van der Waals surface area (Å²) in [6, 6.07) is 14.0. The molecule has 1 fully saturated rings. The number of rotatable bonds is 6. The number of carbonyl (C=O) groups excluding carboxylic acids is 3. The Hall–Kier alpha value is -4.46. The molecule has 0 spiro atoms. The highest BCUT2D eigenvalue weighted by Gasteiger charge is 2.48. The minimum absolute atomic E-state index is 0.123. The van der Waals surface area contributed by atoms with Crippen LogP contribution in [0.2, 0.25) is 0 Å². The normalized spacial score (nSPS) is 16.8. The number of hydrogen-bond acceptors (Lipinski definition) is 7. The molecule has 8 nitrogen and oxygen atoms in total. The molecule has 4 rings (SSSR count). The molecular weight excluding hydrogens is 472 g/mol. The number of aliphatic hydroxyl groups excluding tert-OH is 1. The van der Waals surface area contributed by atoms with Gasteiger partial charge in [0.05, 0.1) is 35.6 Å². The first-order chi connectivity index (χ1) is 17.6. The third kappa shape index (κ3) is 4.82. The number of esters is 1. The van der Waals surface area contributed by atoms with Crippen molar-refractivity contribution in [3.8, 4) is 5.75 Å². The van der Waals surface area contributed by atoms with E-state index in [-0.39, 0.29) is 23.0 Å². The van der Waals surface area contributed by atoms with Crippen LogP contribution in [0.15, 0.2) is 66.4 Å². The van der Waals surface area contributed by atoms with Gasteiger partial charge in [-0.05, 0) is 75.2 Å². The summed E-state index contributed by atoms with van der Waals surface area (Å²) < 4.78 is 10.8. The molecule has 1 saturated heterocycles. The first-order valence-electron chi connectivity index (χ1n) is 11.8. The summed E-state index contributed by atoms with van der Waals surface area (Å²) in [7, 11) is 1.48. The van der Waals surface area contributed by atoms with Crippen molar-refractivity contribution < 1.29 is 29.0 Å². The number of nitrogens with zero attached hydrogens (tertiary/aromatic N) is 2. The van der Waals surface area contributed by atoms with Gasteiger partial charge in [0.15, 0.2) is 0 Å². The predicted molar refractivity (Wildman–Crippen MR) is 138 cm³/mol. The zero-order valence-electron chi connectivity index (χ0n) is 21.3.